The maximum Gasteiger partial charge on any atom is 0.165 e. The van der Waals surface area contributed by atoms with Gasteiger partial charge in [-0.05, 0) is 31.9 Å². The summed E-state index contributed by atoms with van der Waals surface area (Å²) >= 11 is 0. The topological polar surface area (TPSA) is 20.3 Å². The van der Waals surface area contributed by atoms with Crippen molar-refractivity contribution in [3.05, 3.63) is 42.0 Å². The zero-order valence-electron chi connectivity index (χ0n) is 10.4. The maximum atomic E-state index is 11.9. The summed E-state index contributed by atoms with van der Waals surface area (Å²) in [5.41, 5.74) is 3.17. The Bertz CT molecular complexity index is 436. The molecule has 0 spiro atoms. The van der Waals surface area contributed by atoms with Gasteiger partial charge in [0.15, 0.2) is 5.78 Å². The molecule has 0 radical (unpaired) electrons. The number of hydrogen-bond donors (Lipinski definition) is 0. The summed E-state index contributed by atoms with van der Waals surface area (Å²) in [6.45, 7) is 7.92. The number of fused-ring (bicyclic) bond motifs is 1. The van der Waals surface area contributed by atoms with Gasteiger partial charge in [0.1, 0.15) is 0 Å². The third kappa shape index (κ3) is 2.76. The first-order valence-corrected chi connectivity index (χ1v) is 6.20. The van der Waals surface area contributed by atoms with Crippen LogP contribution in [0, 0.1) is 0 Å². The van der Waals surface area contributed by atoms with Gasteiger partial charge in [-0.25, -0.2) is 0 Å². The van der Waals surface area contributed by atoms with Gasteiger partial charge in [0, 0.05) is 30.8 Å². The molecular weight excluding hydrogens is 210 g/mol. The molecule has 1 aromatic rings. The van der Waals surface area contributed by atoms with Gasteiger partial charge >= 0.3 is 0 Å². The van der Waals surface area contributed by atoms with E-state index in [1.54, 1.807) is 0 Å². The molecule has 1 aliphatic heterocycles. The summed E-state index contributed by atoms with van der Waals surface area (Å²) in [6, 6.07) is 7.94. The van der Waals surface area contributed by atoms with E-state index >= 15 is 0 Å². The molecule has 0 saturated carbocycles. The molecule has 0 bridgehead atoms. The number of anilines is 1. The fourth-order valence-electron chi connectivity index (χ4n) is 2.23. The van der Waals surface area contributed by atoms with E-state index < -0.39 is 0 Å². The molecule has 90 valence electrons. The number of benzene rings is 1. The van der Waals surface area contributed by atoms with E-state index in [-0.39, 0.29) is 5.78 Å². The second kappa shape index (κ2) is 5.17. The number of ketones is 1. The lowest BCUT2D eigenvalue weighted by atomic mass is 10.1. The molecule has 2 heteroatoms. The monoisotopic (exact) mass is 229 g/mol. The summed E-state index contributed by atoms with van der Waals surface area (Å²) in [5, 5.41) is 0. The van der Waals surface area contributed by atoms with Crippen LogP contribution in [0.2, 0.25) is 0 Å². The van der Waals surface area contributed by atoms with Gasteiger partial charge in [0.05, 0.1) is 0 Å². The lowest BCUT2D eigenvalue weighted by molar-refractivity contribution is 0.0984. The number of hydrogen-bond acceptors (Lipinski definition) is 2. The molecule has 0 aliphatic carbocycles. The quantitative estimate of drug-likeness (QED) is 0.740. The van der Waals surface area contributed by atoms with E-state index in [9.17, 15) is 4.79 Å². The van der Waals surface area contributed by atoms with E-state index in [4.69, 9.17) is 0 Å². The van der Waals surface area contributed by atoms with Gasteiger partial charge in [0.2, 0.25) is 0 Å². The van der Waals surface area contributed by atoms with Crippen LogP contribution in [0.4, 0.5) is 5.69 Å². The average Bonchev–Trinajstić information content (AvgIpc) is 2.47. The van der Waals surface area contributed by atoms with E-state index in [0.717, 1.165) is 37.2 Å². The highest BCUT2D eigenvalue weighted by Gasteiger charge is 2.19. The van der Waals surface area contributed by atoms with Crippen LogP contribution in [0.15, 0.2) is 36.4 Å². The summed E-state index contributed by atoms with van der Waals surface area (Å²) in [6.07, 6.45) is 2.60. The van der Waals surface area contributed by atoms with Crippen molar-refractivity contribution in [2.75, 3.05) is 18.0 Å². The molecule has 1 heterocycles. The standard InChI is InChI=1S/C15H19NO/c1-12(2)9-11-16-10-5-8-15(17)13-6-3-4-7-14(13)16/h3-4,6-7H,1,5,8-11H2,2H3. The molecule has 0 unspecified atom stereocenters. The summed E-state index contributed by atoms with van der Waals surface area (Å²) < 4.78 is 0. The Morgan fingerprint density at radius 1 is 1.41 bits per heavy atom. The molecular formula is C15H19NO. The second-order valence-electron chi connectivity index (χ2n) is 4.74. The van der Waals surface area contributed by atoms with Crippen LogP contribution in [0.1, 0.15) is 36.5 Å². The van der Waals surface area contributed by atoms with E-state index in [0.29, 0.717) is 6.42 Å². The van der Waals surface area contributed by atoms with Gasteiger partial charge in [0.25, 0.3) is 0 Å². The van der Waals surface area contributed by atoms with Crippen LogP contribution in [0.5, 0.6) is 0 Å². The van der Waals surface area contributed by atoms with Crippen LogP contribution in [-0.2, 0) is 0 Å². The molecule has 17 heavy (non-hydrogen) atoms. The van der Waals surface area contributed by atoms with Crippen molar-refractivity contribution < 1.29 is 4.79 Å². The first-order valence-electron chi connectivity index (χ1n) is 6.20. The second-order valence-corrected chi connectivity index (χ2v) is 4.74. The molecule has 0 aromatic heterocycles. The van der Waals surface area contributed by atoms with Crippen molar-refractivity contribution >= 4 is 11.5 Å². The Hall–Kier alpha value is -1.57. The number of carbonyl (C=O) groups excluding carboxylic acids is 1. The smallest absolute Gasteiger partial charge is 0.165 e. The third-order valence-corrected chi connectivity index (χ3v) is 3.19. The maximum absolute atomic E-state index is 11.9. The predicted octanol–water partition coefficient (Wildman–Crippen LogP) is 3.44. The van der Waals surface area contributed by atoms with E-state index in [2.05, 4.69) is 24.5 Å². The van der Waals surface area contributed by atoms with Crippen LogP contribution in [0.3, 0.4) is 0 Å². The molecule has 0 atom stereocenters. The molecule has 0 amide bonds. The molecule has 2 nitrogen and oxygen atoms in total. The Morgan fingerprint density at radius 3 is 2.94 bits per heavy atom. The Morgan fingerprint density at radius 2 is 2.18 bits per heavy atom. The third-order valence-electron chi connectivity index (χ3n) is 3.19. The van der Waals surface area contributed by atoms with Crippen molar-refractivity contribution in [3.8, 4) is 0 Å². The van der Waals surface area contributed by atoms with Gasteiger partial charge in [-0.15, -0.1) is 6.58 Å². The number of nitrogens with zero attached hydrogens (tertiary/aromatic N) is 1. The largest absolute Gasteiger partial charge is 0.371 e. The van der Waals surface area contributed by atoms with Crippen molar-refractivity contribution in [1.29, 1.82) is 0 Å². The molecule has 0 saturated heterocycles. The number of rotatable bonds is 3. The number of Topliss-reactive ketones (excluding diaryl/α,β-unsaturated/α-hetero) is 1. The first-order chi connectivity index (χ1) is 8.18. The van der Waals surface area contributed by atoms with Crippen molar-refractivity contribution in [2.45, 2.75) is 26.2 Å². The van der Waals surface area contributed by atoms with Crippen molar-refractivity contribution in [3.63, 3.8) is 0 Å². The van der Waals surface area contributed by atoms with Crippen molar-refractivity contribution in [1.82, 2.24) is 0 Å². The van der Waals surface area contributed by atoms with Gasteiger partial charge < -0.3 is 4.90 Å². The van der Waals surface area contributed by atoms with Crippen LogP contribution >= 0.6 is 0 Å². The van der Waals surface area contributed by atoms with E-state index in [1.807, 2.05) is 18.2 Å². The van der Waals surface area contributed by atoms with Gasteiger partial charge in [-0.1, -0.05) is 17.7 Å². The zero-order chi connectivity index (χ0) is 12.3. The highest BCUT2D eigenvalue weighted by molar-refractivity contribution is 6.01. The summed E-state index contributed by atoms with van der Waals surface area (Å²) in [4.78, 5) is 14.3. The fraction of sp³-hybridized carbons (Fsp3) is 0.400. The Labute approximate surface area is 103 Å². The van der Waals surface area contributed by atoms with E-state index in [1.165, 1.54) is 5.57 Å². The van der Waals surface area contributed by atoms with Crippen molar-refractivity contribution in [2.24, 2.45) is 0 Å². The lowest BCUT2D eigenvalue weighted by Gasteiger charge is -2.24. The highest BCUT2D eigenvalue weighted by atomic mass is 16.1. The number of carbonyl (C=O) groups is 1. The normalized spacial score (nSPS) is 15.4. The lowest BCUT2D eigenvalue weighted by Crippen LogP contribution is -2.25. The summed E-state index contributed by atoms with van der Waals surface area (Å²) in [5.74, 6) is 0.276. The Kier molecular flexibility index (Phi) is 3.62. The van der Waals surface area contributed by atoms with Crippen LogP contribution in [-0.4, -0.2) is 18.9 Å². The van der Waals surface area contributed by atoms with Gasteiger partial charge in [-0.2, -0.15) is 0 Å². The highest BCUT2D eigenvalue weighted by Crippen LogP contribution is 2.26. The molecule has 0 N–H and O–H groups in total. The Balaban J connectivity index is 2.25. The van der Waals surface area contributed by atoms with Gasteiger partial charge in [-0.3, -0.25) is 4.79 Å². The van der Waals surface area contributed by atoms with Crippen LogP contribution < -0.4 is 4.90 Å². The minimum absolute atomic E-state index is 0.276. The molecule has 2 rings (SSSR count). The fourth-order valence-corrected chi connectivity index (χ4v) is 2.23. The number of para-hydroxylation sites is 1. The minimum atomic E-state index is 0.276. The zero-order valence-corrected chi connectivity index (χ0v) is 10.4. The molecule has 1 aromatic carbocycles. The minimum Gasteiger partial charge on any atom is -0.371 e. The first kappa shape index (κ1) is 11.9. The average molecular weight is 229 g/mol. The molecule has 1 aliphatic rings. The predicted molar refractivity (Wildman–Crippen MR) is 71.7 cm³/mol. The SMILES string of the molecule is C=C(C)CCN1CCCC(=O)c2ccccc21. The van der Waals surface area contributed by atoms with Crippen LogP contribution in [0.25, 0.3) is 0 Å². The molecule has 0 fully saturated rings. The summed E-state index contributed by atoms with van der Waals surface area (Å²) in [7, 11) is 0.